The second-order valence-electron chi connectivity index (χ2n) is 6.49. The number of nitrogens with one attached hydrogen (secondary N) is 1. The van der Waals surface area contributed by atoms with Crippen molar-refractivity contribution in [3.05, 3.63) is 0 Å². The number of aliphatic carboxylic acids is 1. The lowest BCUT2D eigenvalue weighted by Gasteiger charge is -2.32. The van der Waals surface area contributed by atoms with Gasteiger partial charge in [-0.05, 0) is 24.7 Å². The van der Waals surface area contributed by atoms with Gasteiger partial charge < -0.3 is 15.3 Å². The zero-order valence-electron chi connectivity index (χ0n) is 13.1. The SMILES string of the molecule is CC(C)CN(C(=O)N[C@H](C(=O)O)C(C)C)C1CCCC1. The molecule has 20 heavy (non-hydrogen) atoms. The van der Waals surface area contributed by atoms with Crippen molar-refractivity contribution in [2.45, 2.75) is 65.5 Å². The van der Waals surface area contributed by atoms with E-state index in [1.165, 1.54) is 0 Å². The molecule has 116 valence electrons. The maximum Gasteiger partial charge on any atom is 0.326 e. The standard InChI is InChI=1S/C15H28N2O3/c1-10(2)9-17(12-7-5-6-8-12)15(20)16-13(11(3)4)14(18)19/h10-13H,5-9H2,1-4H3,(H,16,20)(H,18,19)/t13-/m0/s1. The van der Waals surface area contributed by atoms with Crippen LogP contribution in [0.3, 0.4) is 0 Å². The molecular weight excluding hydrogens is 256 g/mol. The van der Waals surface area contributed by atoms with Gasteiger partial charge in [-0.25, -0.2) is 9.59 Å². The maximum atomic E-state index is 12.4. The number of carbonyl (C=O) groups is 2. The van der Waals surface area contributed by atoms with Crippen LogP contribution in [-0.2, 0) is 4.79 Å². The summed E-state index contributed by atoms with van der Waals surface area (Å²) in [5, 5.41) is 11.9. The Morgan fingerprint density at radius 1 is 1.20 bits per heavy atom. The fraction of sp³-hybridized carbons (Fsp3) is 0.867. The van der Waals surface area contributed by atoms with Crippen molar-refractivity contribution >= 4 is 12.0 Å². The Balaban J connectivity index is 2.73. The average molecular weight is 284 g/mol. The first-order valence-electron chi connectivity index (χ1n) is 7.62. The van der Waals surface area contributed by atoms with Gasteiger partial charge in [-0.15, -0.1) is 0 Å². The molecule has 0 bridgehead atoms. The Labute approximate surface area is 121 Å². The molecule has 0 spiro atoms. The Morgan fingerprint density at radius 2 is 1.75 bits per heavy atom. The van der Waals surface area contributed by atoms with Crippen LogP contribution >= 0.6 is 0 Å². The number of urea groups is 1. The van der Waals surface area contributed by atoms with E-state index < -0.39 is 12.0 Å². The van der Waals surface area contributed by atoms with Gasteiger partial charge in [0.05, 0.1) is 0 Å². The van der Waals surface area contributed by atoms with Crippen molar-refractivity contribution in [3.63, 3.8) is 0 Å². The molecule has 0 saturated heterocycles. The summed E-state index contributed by atoms with van der Waals surface area (Å²) in [5.74, 6) is -0.714. The van der Waals surface area contributed by atoms with Gasteiger partial charge >= 0.3 is 12.0 Å². The van der Waals surface area contributed by atoms with Crippen molar-refractivity contribution in [1.29, 1.82) is 0 Å². The van der Waals surface area contributed by atoms with E-state index in [9.17, 15) is 14.7 Å². The third-order valence-corrected chi connectivity index (χ3v) is 3.80. The maximum absolute atomic E-state index is 12.4. The summed E-state index contributed by atoms with van der Waals surface area (Å²) in [4.78, 5) is 25.5. The molecule has 1 fully saturated rings. The van der Waals surface area contributed by atoms with Crippen LogP contribution in [0.1, 0.15) is 53.4 Å². The number of hydrogen-bond donors (Lipinski definition) is 2. The van der Waals surface area contributed by atoms with Crippen LogP contribution < -0.4 is 5.32 Å². The monoisotopic (exact) mass is 284 g/mol. The highest BCUT2D eigenvalue weighted by Crippen LogP contribution is 2.24. The molecule has 0 aromatic heterocycles. The lowest BCUT2D eigenvalue weighted by atomic mass is 10.0. The highest BCUT2D eigenvalue weighted by Gasteiger charge is 2.31. The van der Waals surface area contributed by atoms with Gasteiger partial charge in [-0.3, -0.25) is 0 Å². The lowest BCUT2D eigenvalue weighted by Crippen LogP contribution is -2.53. The normalized spacial score (nSPS) is 17.5. The average Bonchev–Trinajstić information content (AvgIpc) is 2.85. The molecule has 1 aliphatic carbocycles. The molecule has 5 nitrogen and oxygen atoms in total. The Morgan fingerprint density at radius 3 is 2.15 bits per heavy atom. The summed E-state index contributed by atoms with van der Waals surface area (Å²) in [6.45, 7) is 8.45. The summed E-state index contributed by atoms with van der Waals surface area (Å²) in [5.41, 5.74) is 0. The summed E-state index contributed by atoms with van der Waals surface area (Å²) in [7, 11) is 0. The predicted octanol–water partition coefficient (Wildman–Crippen LogP) is 2.71. The van der Waals surface area contributed by atoms with Gasteiger partial charge in [-0.2, -0.15) is 0 Å². The van der Waals surface area contributed by atoms with Crippen LogP contribution in [-0.4, -0.2) is 40.6 Å². The van der Waals surface area contributed by atoms with Gasteiger partial charge in [-0.1, -0.05) is 40.5 Å². The molecule has 0 radical (unpaired) electrons. The van der Waals surface area contributed by atoms with Gasteiger partial charge in [0.2, 0.25) is 0 Å². The molecule has 1 atom stereocenters. The first-order chi connectivity index (χ1) is 9.32. The predicted molar refractivity (Wildman–Crippen MR) is 78.6 cm³/mol. The number of amides is 2. The molecule has 1 rings (SSSR count). The van der Waals surface area contributed by atoms with Crippen molar-refractivity contribution in [2.75, 3.05) is 6.54 Å². The van der Waals surface area contributed by atoms with Crippen molar-refractivity contribution in [3.8, 4) is 0 Å². The molecule has 5 heteroatoms. The first kappa shape index (κ1) is 16.8. The third kappa shape index (κ3) is 4.69. The van der Waals surface area contributed by atoms with Crippen LogP contribution in [0.15, 0.2) is 0 Å². The fourth-order valence-electron chi connectivity index (χ4n) is 2.74. The summed E-state index contributed by atoms with van der Waals surface area (Å²) in [6.07, 6.45) is 4.36. The largest absolute Gasteiger partial charge is 0.480 e. The quantitative estimate of drug-likeness (QED) is 0.788. The topological polar surface area (TPSA) is 69.6 Å². The van der Waals surface area contributed by atoms with E-state index in [1.807, 2.05) is 4.90 Å². The molecule has 0 unspecified atom stereocenters. The molecule has 0 aromatic carbocycles. The number of hydrogen-bond acceptors (Lipinski definition) is 2. The Bertz CT molecular complexity index is 336. The van der Waals surface area contributed by atoms with Crippen molar-refractivity contribution < 1.29 is 14.7 Å². The van der Waals surface area contributed by atoms with Crippen LogP contribution in [0.4, 0.5) is 4.79 Å². The van der Waals surface area contributed by atoms with Crippen molar-refractivity contribution in [1.82, 2.24) is 10.2 Å². The van der Waals surface area contributed by atoms with Crippen LogP contribution in [0.2, 0.25) is 0 Å². The van der Waals surface area contributed by atoms with E-state index >= 15 is 0 Å². The van der Waals surface area contributed by atoms with Gasteiger partial charge in [0.1, 0.15) is 6.04 Å². The van der Waals surface area contributed by atoms with Crippen molar-refractivity contribution in [2.24, 2.45) is 11.8 Å². The van der Waals surface area contributed by atoms with E-state index in [0.29, 0.717) is 12.5 Å². The second kappa shape index (κ2) is 7.50. The molecule has 1 aliphatic rings. The number of carboxylic acids is 1. The van der Waals surface area contributed by atoms with E-state index in [4.69, 9.17) is 0 Å². The van der Waals surface area contributed by atoms with E-state index in [0.717, 1.165) is 25.7 Å². The molecule has 2 N–H and O–H groups in total. The molecule has 2 amide bonds. The zero-order valence-corrected chi connectivity index (χ0v) is 13.1. The first-order valence-corrected chi connectivity index (χ1v) is 7.62. The number of carbonyl (C=O) groups excluding carboxylic acids is 1. The van der Waals surface area contributed by atoms with E-state index in [1.54, 1.807) is 13.8 Å². The molecule has 1 saturated carbocycles. The molecule has 0 aliphatic heterocycles. The van der Waals surface area contributed by atoms with Crippen LogP contribution in [0, 0.1) is 11.8 Å². The van der Waals surface area contributed by atoms with Gasteiger partial charge in [0, 0.05) is 12.6 Å². The summed E-state index contributed by atoms with van der Waals surface area (Å²) < 4.78 is 0. The van der Waals surface area contributed by atoms with E-state index in [2.05, 4.69) is 19.2 Å². The zero-order chi connectivity index (χ0) is 15.3. The second-order valence-corrected chi connectivity index (χ2v) is 6.49. The number of carboxylic acid groups (broad SMARTS) is 1. The fourth-order valence-corrected chi connectivity index (χ4v) is 2.74. The highest BCUT2D eigenvalue weighted by atomic mass is 16.4. The van der Waals surface area contributed by atoms with Crippen LogP contribution in [0.5, 0.6) is 0 Å². The molecule has 0 aromatic rings. The highest BCUT2D eigenvalue weighted by molar-refractivity contribution is 5.83. The smallest absolute Gasteiger partial charge is 0.326 e. The summed E-state index contributed by atoms with van der Waals surface area (Å²) in [6, 6.07) is -0.788. The molecule has 0 heterocycles. The van der Waals surface area contributed by atoms with Crippen LogP contribution in [0.25, 0.3) is 0 Å². The minimum Gasteiger partial charge on any atom is -0.480 e. The number of nitrogens with zero attached hydrogens (tertiary/aromatic N) is 1. The summed E-state index contributed by atoms with van der Waals surface area (Å²) >= 11 is 0. The number of rotatable bonds is 6. The van der Waals surface area contributed by atoms with Gasteiger partial charge in [0.25, 0.3) is 0 Å². The van der Waals surface area contributed by atoms with Gasteiger partial charge in [0.15, 0.2) is 0 Å². The minimum atomic E-state index is -0.968. The Kier molecular flexibility index (Phi) is 6.30. The lowest BCUT2D eigenvalue weighted by molar-refractivity contribution is -0.140. The minimum absolute atomic E-state index is 0.124. The third-order valence-electron chi connectivity index (χ3n) is 3.80. The van der Waals surface area contributed by atoms with E-state index in [-0.39, 0.29) is 18.0 Å². The Hall–Kier alpha value is -1.26. The molecular formula is C15H28N2O3.